The van der Waals surface area contributed by atoms with Crippen LogP contribution in [0.5, 0.6) is 0 Å². The van der Waals surface area contributed by atoms with Crippen molar-refractivity contribution in [2.24, 2.45) is 5.92 Å². The molecule has 1 saturated carbocycles. The van der Waals surface area contributed by atoms with E-state index in [0.29, 0.717) is 13.0 Å². The Balaban J connectivity index is 2.05. The van der Waals surface area contributed by atoms with E-state index >= 15 is 0 Å². The molecule has 1 unspecified atom stereocenters. The van der Waals surface area contributed by atoms with E-state index in [-0.39, 0.29) is 23.3 Å². The third-order valence-electron chi connectivity index (χ3n) is 3.29. The number of Topliss-reactive ketones (excluding diaryl/α,β-unsaturated/α-hetero) is 1. The maximum Gasteiger partial charge on any atom is 0.318 e. The fourth-order valence-electron chi connectivity index (χ4n) is 2.38. The smallest absolute Gasteiger partial charge is 0.318 e. The van der Waals surface area contributed by atoms with E-state index in [0.717, 1.165) is 12.8 Å². The highest BCUT2D eigenvalue weighted by atomic mass is 16.5. The van der Waals surface area contributed by atoms with Gasteiger partial charge in [-0.05, 0) is 26.7 Å². The second-order valence-electron chi connectivity index (χ2n) is 4.59. The predicted molar refractivity (Wildman–Crippen MR) is 54.3 cm³/mol. The van der Waals surface area contributed by atoms with Crippen LogP contribution in [0.3, 0.4) is 0 Å². The zero-order chi connectivity index (χ0) is 11.1. The first-order valence-corrected chi connectivity index (χ1v) is 5.55. The van der Waals surface area contributed by atoms with Crippen molar-refractivity contribution in [1.29, 1.82) is 0 Å². The SMILES string of the molecule is CCOC(=O)C1C(=O)CC2(CC2)N[C@H]1C. The molecule has 2 aliphatic rings. The monoisotopic (exact) mass is 211 g/mol. The molecule has 4 heteroatoms. The Morgan fingerprint density at radius 1 is 1.60 bits per heavy atom. The molecular formula is C11H17NO3. The van der Waals surface area contributed by atoms with Gasteiger partial charge >= 0.3 is 5.97 Å². The Morgan fingerprint density at radius 3 is 2.73 bits per heavy atom. The van der Waals surface area contributed by atoms with Gasteiger partial charge in [-0.3, -0.25) is 9.59 Å². The molecule has 2 rings (SSSR count). The van der Waals surface area contributed by atoms with Gasteiger partial charge in [0.15, 0.2) is 5.78 Å². The number of esters is 1. The molecule has 1 saturated heterocycles. The van der Waals surface area contributed by atoms with E-state index in [2.05, 4.69) is 5.32 Å². The van der Waals surface area contributed by atoms with Crippen molar-refractivity contribution in [3.05, 3.63) is 0 Å². The van der Waals surface area contributed by atoms with Crippen molar-refractivity contribution >= 4 is 11.8 Å². The average Bonchev–Trinajstić information content (AvgIpc) is 2.83. The van der Waals surface area contributed by atoms with Crippen molar-refractivity contribution in [1.82, 2.24) is 5.32 Å². The summed E-state index contributed by atoms with van der Waals surface area (Å²) in [5.41, 5.74) is 0.0273. The summed E-state index contributed by atoms with van der Waals surface area (Å²) in [6.07, 6.45) is 2.60. The van der Waals surface area contributed by atoms with Crippen LogP contribution >= 0.6 is 0 Å². The molecule has 0 aromatic heterocycles. The maximum atomic E-state index is 11.8. The van der Waals surface area contributed by atoms with Crippen LogP contribution in [-0.2, 0) is 14.3 Å². The molecule has 4 nitrogen and oxygen atoms in total. The van der Waals surface area contributed by atoms with Gasteiger partial charge in [0.05, 0.1) is 6.61 Å². The van der Waals surface area contributed by atoms with Crippen molar-refractivity contribution in [2.45, 2.75) is 44.7 Å². The van der Waals surface area contributed by atoms with E-state index in [1.807, 2.05) is 6.92 Å². The summed E-state index contributed by atoms with van der Waals surface area (Å²) < 4.78 is 4.91. The molecule has 0 radical (unpaired) electrons. The van der Waals surface area contributed by atoms with Gasteiger partial charge in [0.1, 0.15) is 5.92 Å². The van der Waals surface area contributed by atoms with Crippen LogP contribution < -0.4 is 5.32 Å². The number of carbonyl (C=O) groups is 2. The van der Waals surface area contributed by atoms with Gasteiger partial charge in [-0.2, -0.15) is 0 Å². The molecule has 1 aliphatic carbocycles. The molecule has 84 valence electrons. The molecule has 1 N–H and O–H groups in total. The normalized spacial score (nSPS) is 32.8. The number of rotatable bonds is 2. The van der Waals surface area contributed by atoms with Gasteiger partial charge < -0.3 is 10.1 Å². The molecule has 0 aromatic rings. The van der Waals surface area contributed by atoms with Crippen LogP contribution in [0.25, 0.3) is 0 Å². The lowest BCUT2D eigenvalue weighted by Gasteiger charge is -2.33. The van der Waals surface area contributed by atoms with Crippen LogP contribution in [0.4, 0.5) is 0 Å². The van der Waals surface area contributed by atoms with Gasteiger partial charge in [0.25, 0.3) is 0 Å². The van der Waals surface area contributed by atoms with E-state index < -0.39 is 5.92 Å². The summed E-state index contributed by atoms with van der Waals surface area (Å²) in [5, 5.41) is 3.36. The van der Waals surface area contributed by atoms with Gasteiger partial charge in [-0.15, -0.1) is 0 Å². The standard InChI is InChI=1S/C11H17NO3/c1-3-15-10(14)9-7(2)12-11(4-5-11)6-8(9)13/h7,9,12H,3-6H2,1-2H3/t7-,9?/m0/s1. The minimum absolute atomic E-state index is 0.0273. The zero-order valence-corrected chi connectivity index (χ0v) is 9.21. The molecule has 2 atom stereocenters. The van der Waals surface area contributed by atoms with Gasteiger partial charge in [0, 0.05) is 18.0 Å². The van der Waals surface area contributed by atoms with Crippen molar-refractivity contribution < 1.29 is 14.3 Å². The Labute approximate surface area is 89.4 Å². The highest BCUT2D eigenvalue weighted by Gasteiger charge is 2.52. The highest BCUT2D eigenvalue weighted by molar-refractivity contribution is 6.01. The lowest BCUT2D eigenvalue weighted by molar-refractivity contribution is -0.154. The summed E-state index contributed by atoms with van der Waals surface area (Å²) in [7, 11) is 0. The Bertz CT molecular complexity index is 296. The van der Waals surface area contributed by atoms with E-state index in [9.17, 15) is 9.59 Å². The summed E-state index contributed by atoms with van der Waals surface area (Å²) in [6, 6.07) is -0.0900. The number of ether oxygens (including phenoxy) is 1. The quantitative estimate of drug-likeness (QED) is 0.538. The molecule has 1 aliphatic heterocycles. The third kappa shape index (κ3) is 1.91. The third-order valence-corrected chi connectivity index (χ3v) is 3.29. The minimum atomic E-state index is -0.601. The summed E-state index contributed by atoms with van der Waals surface area (Å²) in [6.45, 7) is 3.98. The predicted octanol–water partition coefficient (Wildman–Crippen LogP) is 0.649. The Hall–Kier alpha value is -0.900. The molecule has 1 spiro atoms. The second-order valence-corrected chi connectivity index (χ2v) is 4.59. The summed E-state index contributed by atoms with van der Waals surface area (Å²) in [5.74, 6) is -0.939. The molecule has 0 bridgehead atoms. The average molecular weight is 211 g/mol. The Morgan fingerprint density at radius 2 is 2.27 bits per heavy atom. The second kappa shape index (κ2) is 3.59. The minimum Gasteiger partial charge on any atom is -0.465 e. The first-order chi connectivity index (χ1) is 7.08. The summed E-state index contributed by atoms with van der Waals surface area (Å²) >= 11 is 0. The van der Waals surface area contributed by atoms with Crippen molar-refractivity contribution in [3.8, 4) is 0 Å². The van der Waals surface area contributed by atoms with Crippen molar-refractivity contribution in [3.63, 3.8) is 0 Å². The first-order valence-electron chi connectivity index (χ1n) is 5.55. The van der Waals surface area contributed by atoms with Gasteiger partial charge in [0.2, 0.25) is 0 Å². The highest BCUT2D eigenvalue weighted by Crippen LogP contribution is 2.43. The fraction of sp³-hybridized carbons (Fsp3) is 0.818. The maximum absolute atomic E-state index is 11.8. The van der Waals surface area contributed by atoms with Crippen molar-refractivity contribution in [2.75, 3.05) is 6.61 Å². The van der Waals surface area contributed by atoms with Crippen LogP contribution in [0.2, 0.25) is 0 Å². The number of nitrogens with one attached hydrogen (secondary N) is 1. The summed E-state index contributed by atoms with van der Waals surface area (Å²) in [4.78, 5) is 23.4. The number of hydrogen-bond acceptors (Lipinski definition) is 4. The fourth-order valence-corrected chi connectivity index (χ4v) is 2.38. The van der Waals surface area contributed by atoms with E-state index in [4.69, 9.17) is 4.74 Å². The molecule has 1 heterocycles. The topological polar surface area (TPSA) is 55.4 Å². The molecular weight excluding hydrogens is 194 g/mol. The Kier molecular flexibility index (Phi) is 2.54. The van der Waals surface area contributed by atoms with Crippen LogP contribution in [0.1, 0.15) is 33.1 Å². The van der Waals surface area contributed by atoms with Gasteiger partial charge in [-0.1, -0.05) is 0 Å². The molecule has 0 aromatic carbocycles. The lowest BCUT2D eigenvalue weighted by Crippen LogP contribution is -2.55. The molecule has 0 amide bonds. The first kappa shape index (κ1) is 10.6. The van der Waals surface area contributed by atoms with Gasteiger partial charge in [-0.25, -0.2) is 0 Å². The molecule has 2 fully saturated rings. The van der Waals surface area contributed by atoms with Crippen LogP contribution in [0, 0.1) is 5.92 Å². The van der Waals surface area contributed by atoms with Crippen LogP contribution in [0.15, 0.2) is 0 Å². The number of carbonyl (C=O) groups excluding carboxylic acids is 2. The largest absolute Gasteiger partial charge is 0.465 e. The molecule has 15 heavy (non-hydrogen) atoms. The lowest BCUT2D eigenvalue weighted by atomic mass is 9.86. The zero-order valence-electron chi connectivity index (χ0n) is 9.21. The van der Waals surface area contributed by atoms with Crippen LogP contribution in [-0.4, -0.2) is 29.9 Å². The number of piperidine rings is 1. The van der Waals surface area contributed by atoms with E-state index in [1.165, 1.54) is 0 Å². The van der Waals surface area contributed by atoms with E-state index in [1.54, 1.807) is 6.92 Å². The number of hydrogen-bond donors (Lipinski definition) is 1. The number of ketones is 1.